The predicted molar refractivity (Wildman–Crippen MR) is 74.4 cm³/mol. The Kier molecular flexibility index (Phi) is 3.30. The molecule has 2 saturated heterocycles. The van der Waals surface area contributed by atoms with Crippen LogP contribution in [0.3, 0.4) is 0 Å². The van der Waals surface area contributed by atoms with Crippen molar-refractivity contribution in [3.63, 3.8) is 0 Å². The summed E-state index contributed by atoms with van der Waals surface area (Å²) in [6.07, 6.45) is 0.757. The number of nitrogens with one attached hydrogen (secondary N) is 1. The lowest BCUT2D eigenvalue weighted by molar-refractivity contribution is 0.117. The highest BCUT2D eigenvalue weighted by atomic mass is 16.6. The summed E-state index contributed by atoms with van der Waals surface area (Å²) in [6.45, 7) is 4.78. The minimum atomic E-state index is -0.303. The number of benzene rings is 1. The molecule has 2 atom stereocenters. The lowest BCUT2D eigenvalue weighted by atomic mass is 9.84. The van der Waals surface area contributed by atoms with E-state index in [-0.39, 0.29) is 17.4 Å². The van der Waals surface area contributed by atoms with Crippen LogP contribution in [0.25, 0.3) is 0 Å². The molecule has 0 aromatic heterocycles. The Morgan fingerprint density at radius 3 is 3.00 bits per heavy atom. The zero-order valence-electron chi connectivity index (χ0n) is 11.6. The highest BCUT2D eigenvalue weighted by Gasteiger charge is 2.49. The Balaban J connectivity index is 1.85. The fourth-order valence-electron chi connectivity index (χ4n) is 3.16. The number of ether oxygens (including phenoxy) is 1. The zero-order valence-corrected chi connectivity index (χ0v) is 11.6. The molecule has 2 fully saturated rings. The van der Waals surface area contributed by atoms with E-state index in [1.165, 1.54) is 0 Å². The Morgan fingerprint density at radius 1 is 1.50 bits per heavy atom. The Hall–Kier alpha value is -1.75. The smallest absolute Gasteiger partial charge is 0.410 e. The molecule has 0 saturated carbocycles. The number of nitrogens with zero attached hydrogens (tertiary/aromatic N) is 1. The standard InChI is InChI=1S/C15H20N2O3/c1-15(12-6-7-16-8-12)10-20-14(19)17(15)9-11-4-2-3-5-13(11)18/h2-5,12,16,18H,6-10H2,1H3. The second-order valence-corrected chi connectivity index (χ2v) is 5.82. The van der Waals surface area contributed by atoms with Gasteiger partial charge in [-0.1, -0.05) is 18.2 Å². The molecule has 20 heavy (non-hydrogen) atoms. The van der Waals surface area contributed by atoms with Crippen LogP contribution in [0.15, 0.2) is 24.3 Å². The van der Waals surface area contributed by atoms with Gasteiger partial charge in [-0.15, -0.1) is 0 Å². The number of rotatable bonds is 3. The van der Waals surface area contributed by atoms with Gasteiger partial charge >= 0.3 is 6.09 Å². The van der Waals surface area contributed by atoms with Crippen LogP contribution in [0, 0.1) is 5.92 Å². The van der Waals surface area contributed by atoms with E-state index < -0.39 is 0 Å². The van der Waals surface area contributed by atoms with Crippen molar-refractivity contribution in [3.8, 4) is 5.75 Å². The third-order valence-corrected chi connectivity index (χ3v) is 4.58. The van der Waals surface area contributed by atoms with E-state index in [1.54, 1.807) is 17.0 Å². The molecule has 5 heteroatoms. The number of hydrogen-bond acceptors (Lipinski definition) is 4. The van der Waals surface area contributed by atoms with Gasteiger partial charge < -0.3 is 15.2 Å². The summed E-state index contributed by atoms with van der Waals surface area (Å²) in [4.78, 5) is 13.8. The summed E-state index contributed by atoms with van der Waals surface area (Å²) in [7, 11) is 0. The molecule has 2 heterocycles. The fourth-order valence-corrected chi connectivity index (χ4v) is 3.16. The molecule has 2 unspecified atom stereocenters. The van der Waals surface area contributed by atoms with E-state index >= 15 is 0 Å². The number of phenols is 1. The molecule has 5 nitrogen and oxygen atoms in total. The molecular formula is C15H20N2O3. The first-order valence-corrected chi connectivity index (χ1v) is 7.03. The van der Waals surface area contributed by atoms with Gasteiger partial charge in [0.1, 0.15) is 12.4 Å². The highest BCUT2D eigenvalue weighted by Crippen LogP contribution is 2.36. The van der Waals surface area contributed by atoms with Gasteiger partial charge in [0.25, 0.3) is 0 Å². The lowest BCUT2D eigenvalue weighted by Gasteiger charge is -2.37. The van der Waals surface area contributed by atoms with Gasteiger partial charge in [-0.2, -0.15) is 0 Å². The third-order valence-electron chi connectivity index (χ3n) is 4.58. The Morgan fingerprint density at radius 2 is 2.30 bits per heavy atom. The number of para-hydroxylation sites is 1. The molecular weight excluding hydrogens is 256 g/mol. The first kappa shape index (κ1) is 13.2. The molecule has 1 aromatic carbocycles. The number of amides is 1. The van der Waals surface area contributed by atoms with Crippen molar-refractivity contribution >= 4 is 6.09 Å². The van der Waals surface area contributed by atoms with Crippen molar-refractivity contribution in [1.82, 2.24) is 10.2 Å². The Bertz CT molecular complexity index is 514. The van der Waals surface area contributed by atoms with Crippen LogP contribution in [0.2, 0.25) is 0 Å². The molecule has 2 aliphatic rings. The molecule has 0 radical (unpaired) electrons. The van der Waals surface area contributed by atoms with Crippen molar-refractivity contribution in [3.05, 3.63) is 29.8 Å². The van der Waals surface area contributed by atoms with Crippen LogP contribution in [0.4, 0.5) is 4.79 Å². The number of cyclic esters (lactones) is 1. The average molecular weight is 276 g/mol. The van der Waals surface area contributed by atoms with Gasteiger partial charge in [0.05, 0.1) is 12.1 Å². The largest absolute Gasteiger partial charge is 0.508 e. The van der Waals surface area contributed by atoms with Crippen LogP contribution in [0.1, 0.15) is 18.9 Å². The molecule has 0 spiro atoms. The fraction of sp³-hybridized carbons (Fsp3) is 0.533. The van der Waals surface area contributed by atoms with Crippen molar-refractivity contribution < 1.29 is 14.6 Å². The average Bonchev–Trinajstić information content (AvgIpc) is 3.06. The van der Waals surface area contributed by atoms with E-state index in [2.05, 4.69) is 12.2 Å². The second kappa shape index (κ2) is 4.98. The van der Waals surface area contributed by atoms with Gasteiger partial charge in [0, 0.05) is 12.1 Å². The normalized spacial score (nSPS) is 29.8. The van der Waals surface area contributed by atoms with E-state index in [1.807, 2.05) is 12.1 Å². The summed E-state index contributed by atoms with van der Waals surface area (Å²) in [5.74, 6) is 0.610. The van der Waals surface area contributed by atoms with Crippen LogP contribution in [0.5, 0.6) is 5.75 Å². The highest BCUT2D eigenvalue weighted by molar-refractivity contribution is 5.71. The SMILES string of the molecule is CC1(C2CCNC2)COC(=O)N1Cc1ccccc1O. The van der Waals surface area contributed by atoms with Gasteiger partial charge in [0.15, 0.2) is 0 Å². The van der Waals surface area contributed by atoms with E-state index in [0.717, 1.165) is 25.1 Å². The zero-order chi connectivity index (χ0) is 14.2. The molecule has 3 rings (SSSR count). The Labute approximate surface area is 118 Å². The number of carbonyl (C=O) groups is 1. The predicted octanol–water partition coefficient (Wildman–Crippen LogP) is 1.71. The lowest BCUT2D eigenvalue weighted by Crippen LogP contribution is -2.50. The van der Waals surface area contributed by atoms with E-state index in [0.29, 0.717) is 19.1 Å². The summed E-state index contributed by atoms with van der Waals surface area (Å²) in [5, 5.41) is 13.2. The monoisotopic (exact) mass is 276 g/mol. The van der Waals surface area contributed by atoms with Crippen molar-refractivity contribution in [2.75, 3.05) is 19.7 Å². The number of hydrogen-bond donors (Lipinski definition) is 2. The minimum absolute atomic E-state index is 0.221. The summed E-state index contributed by atoms with van der Waals surface area (Å²) in [6, 6.07) is 7.13. The number of phenolic OH excluding ortho intramolecular Hbond substituents is 1. The van der Waals surface area contributed by atoms with Crippen LogP contribution in [-0.2, 0) is 11.3 Å². The van der Waals surface area contributed by atoms with Crippen molar-refractivity contribution in [2.45, 2.75) is 25.4 Å². The first-order valence-electron chi connectivity index (χ1n) is 7.03. The molecule has 0 aliphatic carbocycles. The maximum atomic E-state index is 12.1. The van der Waals surface area contributed by atoms with Crippen LogP contribution in [-0.4, -0.2) is 41.3 Å². The van der Waals surface area contributed by atoms with Gasteiger partial charge in [-0.05, 0) is 31.9 Å². The third kappa shape index (κ3) is 2.12. The van der Waals surface area contributed by atoms with Crippen LogP contribution < -0.4 is 5.32 Å². The van der Waals surface area contributed by atoms with Crippen molar-refractivity contribution in [2.24, 2.45) is 5.92 Å². The molecule has 1 amide bonds. The van der Waals surface area contributed by atoms with Crippen molar-refractivity contribution in [1.29, 1.82) is 0 Å². The molecule has 0 bridgehead atoms. The topological polar surface area (TPSA) is 61.8 Å². The second-order valence-electron chi connectivity index (χ2n) is 5.82. The molecule has 2 aliphatic heterocycles. The van der Waals surface area contributed by atoms with Gasteiger partial charge in [-0.25, -0.2) is 4.79 Å². The maximum absolute atomic E-state index is 12.1. The number of aromatic hydroxyl groups is 1. The van der Waals surface area contributed by atoms with Gasteiger partial charge in [0.2, 0.25) is 0 Å². The van der Waals surface area contributed by atoms with Gasteiger partial charge in [-0.3, -0.25) is 4.90 Å². The summed E-state index contributed by atoms with van der Waals surface area (Å²) in [5.41, 5.74) is 0.451. The summed E-state index contributed by atoms with van der Waals surface area (Å²) >= 11 is 0. The molecule has 1 aromatic rings. The van der Waals surface area contributed by atoms with E-state index in [4.69, 9.17) is 4.74 Å². The number of carbonyl (C=O) groups excluding carboxylic acids is 1. The summed E-state index contributed by atoms with van der Waals surface area (Å²) < 4.78 is 5.28. The molecule has 2 N–H and O–H groups in total. The first-order chi connectivity index (χ1) is 9.61. The van der Waals surface area contributed by atoms with E-state index in [9.17, 15) is 9.90 Å². The minimum Gasteiger partial charge on any atom is -0.508 e. The maximum Gasteiger partial charge on any atom is 0.410 e. The van der Waals surface area contributed by atoms with Crippen LogP contribution >= 0.6 is 0 Å². The quantitative estimate of drug-likeness (QED) is 0.882. The molecule has 108 valence electrons.